The molecule has 228 valence electrons. The normalized spacial score (nSPS) is 34.0. The van der Waals surface area contributed by atoms with Crippen LogP contribution in [0.2, 0.25) is 0 Å². The van der Waals surface area contributed by atoms with Crippen LogP contribution in [0.5, 0.6) is 0 Å². The third-order valence-electron chi connectivity index (χ3n) is 8.50. The van der Waals surface area contributed by atoms with E-state index in [1.54, 1.807) is 17.9 Å². The molecule has 0 saturated carbocycles. The number of esters is 1. The minimum absolute atomic E-state index is 0.146. The van der Waals surface area contributed by atoms with Gasteiger partial charge in [0, 0.05) is 24.0 Å². The number of ether oxygens (including phenoxy) is 2. The van der Waals surface area contributed by atoms with E-state index in [0.29, 0.717) is 30.4 Å². The summed E-state index contributed by atoms with van der Waals surface area (Å²) in [5.41, 5.74) is -1.37. The van der Waals surface area contributed by atoms with E-state index in [4.69, 9.17) is 9.47 Å². The highest BCUT2D eigenvalue weighted by atomic mass is 79.9. The minimum Gasteiger partial charge on any atom is -0.460 e. The lowest BCUT2D eigenvalue weighted by molar-refractivity contribution is -0.159. The van der Waals surface area contributed by atoms with Gasteiger partial charge in [0.1, 0.15) is 29.8 Å². The smallest absolute Gasteiger partial charge is 0.313 e. The van der Waals surface area contributed by atoms with Gasteiger partial charge in [-0.25, -0.2) is 0 Å². The molecule has 41 heavy (non-hydrogen) atoms. The summed E-state index contributed by atoms with van der Waals surface area (Å²) in [4.78, 5) is 58.1. The number of carbonyl (C=O) groups is 4. The largest absolute Gasteiger partial charge is 0.460 e. The van der Waals surface area contributed by atoms with Gasteiger partial charge in [-0.1, -0.05) is 61.7 Å². The van der Waals surface area contributed by atoms with Crippen LogP contribution < -0.4 is 5.32 Å². The number of nitrogens with one attached hydrogen (secondary N) is 1. The summed E-state index contributed by atoms with van der Waals surface area (Å²) in [5.74, 6) is -3.20. The van der Waals surface area contributed by atoms with E-state index in [9.17, 15) is 24.3 Å². The number of aliphatic hydroxyl groups is 1. The van der Waals surface area contributed by atoms with E-state index in [2.05, 4.69) is 28.2 Å². The Kier molecular flexibility index (Phi) is 10.3. The first-order valence-corrected chi connectivity index (χ1v) is 15.7. The first-order valence-electron chi connectivity index (χ1n) is 15.0. The second kappa shape index (κ2) is 13.4. The molecule has 0 aromatic carbocycles. The van der Waals surface area contributed by atoms with E-state index in [1.807, 2.05) is 26.0 Å². The number of hydrogen-bond donors (Lipinski definition) is 2. The van der Waals surface area contributed by atoms with Crippen LogP contribution >= 0.6 is 15.9 Å². The molecule has 0 aromatic heterocycles. The van der Waals surface area contributed by atoms with E-state index >= 15 is 0 Å². The molecule has 10 nitrogen and oxygen atoms in total. The first kappa shape index (κ1) is 31.7. The number of cyclic esters (lactones) is 1. The number of amides is 3. The van der Waals surface area contributed by atoms with Gasteiger partial charge in [0.25, 0.3) is 0 Å². The lowest BCUT2D eigenvalue weighted by Gasteiger charge is -2.39. The quantitative estimate of drug-likeness (QED) is 0.238. The molecule has 3 amide bonds. The Hall–Kier alpha value is -2.24. The molecule has 11 heteroatoms. The zero-order valence-electron chi connectivity index (χ0n) is 24.5. The van der Waals surface area contributed by atoms with Crippen molar-refractivity contribution in [2.75, 3.05) is 26.2 Å². The number of rotatable bonds is 8. The molecule has 4 aliphatic rings. The molecule has 5 bridgehead atoms. The Labute approximate surface area is 251 Å². The molecule has 4 aliphatic heterocycles. The fourth-order valence-corrected chi connectivity index (χ4v) is 7.37. The number of likely N-dealkylation sites (tertiary alicyclic amines) is 1. The third kappa shape index (κ3) is 6.27. The molecule has 4 rings (SSSR count). The predicted molar refractivity (Wildman–Crippen MR) is 156 cm³/mol. The first-order chi connectivity index (χ1) is 19.5. The van der Waals surface area contributed by atoms with Crippen molar-refractivity contribution in [2.45, 2.75) is 96.1 Å². The highest BCUT2D eigenvalue weighted by Gasteiger charge is 2.75. The Bertz CT molecular complexity index is 1080. The fraction of sp³-hybridized carbons (Fsp3) is 0.733. The Balaban J connectivity index is 1.81. The monoisotopic (exact) mass is 637 g/mol. The molecule has 2 fully saturated rings. The van der Waals surface area contributed by atoms with Crippen LogP contribution in [0.4, 0.5) is 0 Å². The second-order valence-electron chi connectivity index (χ2n) is 12.1. The van der Waals surface area contributed by atoms with E-state index in [-0.39, 0.29) is 43.2 Å². The molecule has 1 spiro atoms. The molecular weight excluding hydrogens is 594 g/mol. The van der Waals surface area contributed by atoms with Crippen molar-refractivity contribution in [3.05, 3.63) is 22.7 Å². The SMILES string of the molecule is CCCCCN1C/C=C\CCC(=O)NC[C@H](C)OC(=O)[C@H]2[C@@H]3O[C@@]4(C=C3Br)[C@@H]2C(=O)N([C@@H](CO)CC(C)C)[C@@H]4C1=O. The van der Waals surface area contributed by atoms with Crippen LogP contribution in [0.1, 0.15) is 66.2 Å². The van der Waals surface area contributed by atoms with Crippen LogP contribution in [-0.2, 0) is 28.7 Å². The van der Waals surface area contributed by atoms with Crippen molar-refractivity contribution in [1.82, 2.24) is 15.1 Å². The predicted octanol–water partition coefficient (Wildman–Crippen LogP) is 2.68. The molecule has 0 radical (unpaired) electrons. The van der Waals surface area contributed by atoms with E-state index in [0.717, 1.165) is 19.3 Å². The number of carbonyl (C=O) groups excluding carboxylic acids is 4. The summed E-state index contributed by atoms with van der Waals surface area (Å²) in [7, 11) is 0. The van der Waals surface area contributed by atoms with E-state index in [1.165, 1.54) is 4.90 Å². The molecule has 2 N–H and O–H groups in total. The summed E-state index contributed by atoms with van der Waals surface area (Å²) in [6.45, 7) is 8.42. The molecule has 2 saturated heterocycles. The molecule has 0 unspecified atom stereocenters. The number of allylic oxidation sites excluding steroid dienone is 1. The van der Waals surface area contributed by atoms with Gasteiger partial charge in [0.2, 0.25) is 17.7 Å². The molecular formula is C30H44BrN3O7. The van der Waals surface area contributed by atoms with E-state index < -0.39 is 47.7 Å². The maximum absolute atomic E-state index is 14.6. The maximum Gasteiger partial charge on any atom is 0.313 e. The standard InChI is InChI=1S/C30H44BrN3O7/c1-5-6-9-12-33-13-10-7-8-11-22(36)32-16-19(4)40-29(39)23-24-27(37)34(20(17-35)14-18(2)3)26(28(33)38)30(24)15-21(31)25(23)41-30/h7,10,15,18-20,23-26,35H,5-6,8-9,11-14,16-17H2,1-4H3,(H,32,36)/b10-7-/t19-,20+,23+,24-,25+,26+,30-/m0/s1. The third-order valence-corrected chi connectivity index (χ3v) is 9.18. The topological polar surface area (TPSA) is 125 Å². The van der Waals surface area contributed by atoms with Crippen molar-refractivity contribution in [3.63, 3.8) is 0 Å². The molecule has 7 atom stereocenters. The Morgan fingerprint density at radius 1 is 1.17 bits per heavy atom. The average Bonchev–Trinajstić information content (AvgIpc) is 3.51. The van der Waals surface area contributed by atoms with Crippen molar-refractivity contribution >= 4 is 39.6 Å². The van der Waals surface area contributed by atoms with Gasteiger partial charge in [-0.3, -0.25) is 19.2 Å². The number of unbranched alkanes of at least 4 members (excludes halogenated alkanes) is 2. The van der Waals surface area contributed by atoms with Crippen LogP contribution in [-0.4, -0.2) is 94.7 Å². The lowest BCUT2D eigenvalue weighted by atomic mass is 9.74. The van der Waals surface area contributed by atoms with Crippen LogP contribution in [0.25, 0.3) is 0 Å². The van der Waals surface area contributed by atoms with Crippen LogP contribution in [0.3, 0.4) is 0 Å². The van der Waals surface area contributed by atoms with Crippen LogP contribution in [0.15, 0.2) is 22.7 Å². The van der Waals surface area contributed by atoms with Gasteiger partial charge in [-0.05, 0) is 38.2 Å². The summed E-state index contributed by atoms with van der Waals surface area (Å²) in [5, 5.41) is 13.3. The summed E-state index contributed by atoms with van der Waals surface area (Å²) in [6.07, 6.45) is 8.16. The maximum atomic E-state index is 14.6. The lowest BCUT2D eigenvalue weighted by Crippen LogP contribution is -2.58. The number of fused-ring (bicyclic) bond motifs is 2. The summed E-state index contributed by atoms with van der Waals surface area (Å²) >= 11 is 3.56. The number of halogens is 1. The molecule has 0 aromatic rings. The fourth-order valence-electron chi connectivity index (χ4n) is 6.63. The van der Waals surface area contributed by atoms with Crippen LogP contribution in [0, 0.1) is 17.8 Å². The Morgan fingerprint density at radius 2 is 1.93 bits per heavy atom. The zero-order valence-corrected chi connectivity index (χ0v) is 26.1. The van der Waals surface area contributed by atoms with Gasteiger partial charge < -0.3 is 29.7 Å². The summed E-state index contributed by atoms with van der Waals surface area (Å²) < 4.78 is 12.9. The number of nitrogens with zero attached hydrogens (tertiary/aromatic N) is 2. The molecule has 0 aliphatic carbocycles. The van der Waals surface area contributed by atoms with Crippen molar-refractivity contribution < 1.29 is 33.8 Å². The van der Waals surface area contributed by atoms with Crippen molar-refractivity contribution in [3.8, 4) is 0 Å². The second-order valence-corrected chi connectivity index (χ2v) is 13.0. The van der Waals surface area contributed by atoms with Gasteiger partial charge in [0.15, 0.2) is 0 Å². The van der Waals surface area contributed by atoms with Gasteiger partial charge >= 0.3 is 5.97 Å². The average molecular weight is 639 g/mol. The van der Waals surface area contributed by atoms with Crippen molar-refractivity contribution in [1.29, 1.82) is 0 Å². The van der Waals surface area contributed by atoms with Gasteiger partial charge in [0.05, 0.1) is 25.1 Å². The highest BCUT2D eigenvalue weighted by Crippen LogP contribution is 2.59. The zero-order chi connectivity index (χ0) is 29.9. The number of hydrogen-bond acceptors (Lipinski definition) is 7. The Morgan fingerprint density at radius 3 is 2.61 bits per heavy atom. The summed E-state index contributed by atoms with van der Waals surface area (Å²) in [6, 6.07) is -1.66. The van der Waals surface area contributed by atoms with Crippen molar-refractivity contribution in [2.24, 2.45) is 17.8 Å². The highest BCUT2D eigenvalue weighted by molar-refractivity contribution is 9.11. The number of aliphatic hydroxyl groups excluding tert-OH is 1. The minimum atomic E-state index is -1.37. The van der Waals surface area contributed by atoms with Gasteiger partial charge in [-0.15, -0.1) is 0 Å². The van der Waals surface area contributed by atoms with Gasteiger partial charge in [-0.2, -0.15) is 0 Å². The molecule has 4 heterocycles.